The van der Waals surface area contributed by atoms with Gasteiger partial charge in [-0.15, -0.1) is 0 Å². The molecule has 5 aliphatic rings. The zero-order valence-electron chi connectivity index (χ0n) is 32.2. The molecule has 5 rings (SSSR count). The minimum absolute atomic E-state index is 0.0676. The normalized spacial score (nSPS) is 42.9. The third-order valence-electron chi connectivity index (χ3n) is 14.8. The Bertz CT molecular complexity index is 1450. The largest absolute Gasteiger partial charge is 0.465 e. The number of esters is 5. The summed E-state index contributed by atoms with van der Waals surface area (Å²) < 4.78 is 29.8. The average Bonchev–Trinajstić information content (AvgIpc) is 2.97. The monoisotopic (exact) mass is 700 g/mol. The number of carbonyl (C=O) groups excluding carboxylic acids is 5. The molecule has 4 saturated carbocycles. The van der Waals surface area contributed by atoms with E-state index in [1.165, 1.54) is 40.2 Å². The van der Waals surface area contributed by atoms with Crippen molar-refractivity contribution in [2.45, 2.75) is 146 Å². The molecular formula is C40H60O10. The maximum Gasteiger partial charge on any atom is 0.302 e. The molecule has 5 aliphatic carbocycles. The van der Waals surface area contributed by atoms with Crippen molar-refractivity contribution < 1.29 is 47.7 Å². The van der Waals surface area contributed by atoms with Gasteiger partial charge in [0, 0.05) is 45.4 Å². The molecular weight excluding hydrogens is 640 g/mol. The Morgan fingerprint density at radius 3 is 1.78 bits per heavy atom. The van der Waals surface area contributed by atoms with Crippen molar-refractivity contribution in [2.24, 2.45) is 50.2 Å². The highest BCUT2D eigenvalue weighted by Crippen LogP contribution is 2.76. The highest BCUT2D eigenvalue weighted by Gasteiger charge is 2.72. The summed E-state index contributed by atoms with van der Waals surface area (Å²) >= 11 is 0. The van der Waals surface area contributed by atoms with E-state index in [9.17, 15) is 24.0 Å². The molecule has 4 fully saturated rings. The Kier molecular flexibility index (Phi) is 9.92. The van der Waals surface area contributed by atoms with Gasteiger partial charge in [-0.2, -0.15) is 0 Å². The molecule has 0 N–H and O–H groups in total. The van der Waals surface area contributed by atoms with Crippen molar-refractivity contribution >= 4 is 29.8 Å². The lowest BCUT2D eigenvalue weighted by Gasteiger charge is -2.72. The number of fused-ring (bicyclic) bond motifs is 7. The molecule has 11 atom stereocenters. The van der Waals surface area contributed by atoms with Gasteiger partial charge in [-0.25, -0.2) is 0 Å². The number of ether oxygens (including phenoxy) is 5. The molecule has 0 radical (unpaired) electrons. The maximum atomic E-state index is 12.9. The molecule has 0 aromatic heterocycles. The molecule has 0 bridgehead atoms. The summed E-state index contributed by atoms with van der Waals surface area (Å²) in [5.74, 6) is -1.52. The van der Waals surface area contributed by atoms with Gasteiger partial charge in [0.05, 0.1) is 5.41 Å². The Labute approximate surface area is 298 Å². The predicted molar refractivity (Wildman–Crippen MR) is 184 cm³/mol. The van der Waals surface area contributed by atoms with Crippen LogP contribution in [0.1, 0.15) is 128 Å². The Balaban J connectivity index is 1.63. The first-order valence-corrected chi connectivity index (χ1v) is 18.5. The lowest BCUT2D eigenvalue weighted by molar-refractivity contribution is -0.242. The van der Waals surface area contributed by atoms with Crippen molar-refractivity contribution in [3.05, 3.63) is 11.6 Å². The van der Waals surface area contributed by atoms with E-state index < -0.39 is 29.0 Å². The standard InChI is InChI=1S/C40H60O10/c1-23(41)46-21-37(9)30-14-17-38(10)31(36(30,8)16-15-32(37)48-25(3)43)13-12-28-29-18-35(6,7)33(49-26(4)44)20-40(29,22-47-24(2)42)34(50-27(5)45)19-39(28,38)11/h12,29-34H,13-22H2,1-11H3/t29-,30+,31+,32-,33-,34-,36-,37-,38+,39+,40+/m0/s1. The number of rotatable bonds is 7. The molecule has 10 heteroatoms. The number of carbonyl (C=O) groups is 5. The second kappa shape index (κ2) is 12.9. The first kappa shape index (κ1) is 38.3. The van der Waals surface area contributed by atoms with Crippen molar-refractivity contribution in [2.75, 3.05) is 13.2 Å². The molecule has 0 unspecified atom stereocenters. The molecule has 0 aliphatic heterocycles. The fraction of sp³-hybridized carbons (Fsp3) is 0.825. The fourth-order valence-electron chi connectivity index (χ4n) is 12.3. The second-order valence-electron chi connectivity index (χ2n) is 18.1. The highest BCUT2D eigenvalue weighted by molar-refractivity contribution is 5.68. The van der Waals surface area contributed by atoms with Gasteiger partial charge < -0.3 is 23.7 Å². The lowest BCUT2D eigenvalue weighted by atomic mass is 9.33. The fourth-order valence-corrected chi connectivity index (χ4v) is 12.3. The van der Waals surface area contributed by atoms with Crippen LogP contribution in [0.3, 0.4) is 0 Å². The van der Waals surface area contributed by atoms with E-state index in [0.29, 0.717) is 25.7 Å². The molecule has 0 aromatic carbocycles. The smallest absolute Gasteiger partial charge is 0.302 e. The summed E-state index contributed by atoms with van der Waals surface area (Å²) in [7, 11) is 0. The van der Waals surface area contributed by atoms with Crippen LogP contribution in [0.25, 0.3) is 0 Å². The van der Waals surface area contributed by atoms with Crippen LogP contribution in [-0.4, -0.2) is 61.4 Å². The van der Waals surface area contributed by atoms with Gasteiger partial charge in [0.1, 0.15) is 31.5 Å². The first-order chi connectivity index (χ1) is 23.1. The van der Waals surface area contributed by atoms with Gasteiger partial charge in [0.25, 0.3) is 0 Å². The van der Waals surface area contributed by atoms with Gasteiger partial charge in [0.2, 0.25) is 0 Å². The van der Waals surface area contributed by atoms with Crippen LogP contribution >= 0.6 is 0 Å². The number of allylic oxidation sites excluding steroid dienone is 2. The van der Waals surface area contributed by atoms with Gasteiger partial charge in [0.15, 0.2) is 0 Å². The van der Waals surface area contributed by atoms with Gasteiger partial charge in [-0.1, -0.05) is 53.2 Å². The topological polar surface area (TPSA) is 132 Å². The predicted octanol–water partition coefficient (Wildman–Crippen LogP) is 6.91. The zero-order valence-corrected chi connectivity index (χ0v) is 32.2. The van der Waals surface area contributed by atoms with Crippen molar-refractivity contribution in [1.82, 2.24) is 0 Å². The van der Waals surface area contributed by atoms with Crippen LogP contribution in [0.4, 0.5) is 0 Å². The summed E-state index contributed by atoms with van der Waals surface area (Å²) in [6, 6.07) is 0. The van der Waals surface area contributed by atoms with E-state index >= 15 is 0 Å². The number of hydrogen-bond donors (Lipinski definition) is 0. The summed E-state index contributed by atoms with van der Waals surface area (Å²) in [6.07, 6.45) is 6.87. The van der Waals surface area contributed by atoms with Gasteiger partial charge in [-0.3, -0.25) is 24.0 Å². The molecule has 0 saturated heterocycles. The third kappa shape index (κ3) is 6.08. The number of hydrogen-bond acceptors (Lipinski definition) is 10. The first-order valence-electron chi connectivity index (χ1n) is 18.5. The van der Waals surface area contributed by atoms with Crippen molar-refractivity contribution in [1.29, 1.82) is 0 Å². The molecule has 10 nitrogen and oxygen atoms in total. The molecule has 0 heterocycles. The van der Waals surface area contributed by atoms with Crippen LogP contribution in [0.15, 0.2) is 11.6 Å². The SMILES string of the molecule is CC(=O)OC[C@@]1(C)[C@@H]2CC[C@]3(C)[C@H](CC=C4[C@@H]5CC(C)(C)[C@@H](OC(C)=O)C[C@]5(COC(C)=O)[C@@H](OC(C)=O)C[C@]43C)[C@@]2(C)CC[C@@H]1OC(C)=O. The van der Waals surface area contributed by atoms with Crippen LogP contribution in [0.5, 0.6) is 0 Å². The minimum Gasteiger partial charge on any atom is -0.465 e. The van der Waals surface area contributed by atoms with Crippen LogP contribution in [-0.2, 0) is 47.7 Å². The summed E-state index contributed by atoms with van der Waals surface area (Å²) in [5.41, 5.74) is -1.09. The Morgan fingerprint density at radius 2 is 1.20 bits per heavy atom. The summed E-state index contributed by atoms with van der Waals surface area (Å²) in [4.78, 5) is 62.0. The van der Waals surface area contributed by atoms with Crippen LogP contribution in [0.2, 0.25) is 0 Å². The quantitative estimate of drug-likeness (QED) is 0.157. The van der Waals surface area contributed by atoms with Gasteiger partial charge in [-0.05, 0) is 85.4 Å². The lowest BCUT2D eigenvalue weighted by Crippen LogP contribution is -2.69. The summed E-state index contributed by atoms with van der Waals surface area (Å²) in [6.45, 7) is 20.9. The second-order valence-corrected chi connectivity index (χ2v) is 18.1. The van der Waals surface area contributed by atoms with Crippen LogP contribution in [0, 0.1) is 50.2 Å². The van der Waals surface area contributed by atoms with E-state index in [4.69, 9.17) is 23.7 Å². The van der Waals surface area contributed by atoms with Crippen molar-refractivity contribution in [3.63, 3.8) is 0 Å². The Morgan fingerprint density at radius 1 is 0.640 bits per heavy atom. The van der Waals surface area contributed by atoms with Crippen molar-refractivity contribution in [3.8, 4) is 0 Å². The third-order valence-corrected chi connectivity index (χ3v) is 14.8. The van der Waals surface area contributed by atoms with E-state index in [-0.39, 0.29) is 82.6 Å². The summed E-state index contributed by atoms with van der Waals surface area (Å²) in [5, 5.41) is 0. The van der Waals surface area contributed by atoms with Crippen LogP contribution < -0.4 is 0 Å². The van der Waals surface area contributed by atoms with E-state index in [1.807, 2.05) is 0 Å². The molecule has 0 amide bonds. The minimum atomic E-state index is -0.771. The maximum absolute atomic E-state index is 12.9. The van der Waals surface area contributed by atoms with E-state index in [1.54, 1.807) is 0 Å². The molecule has 0 spiro atoms. The molecule has 0 aromatic rings. The van der Waals surface area contributed by atoms with E-state index in [2.05, 4.69) is 47.6 Å². The zero-order chi connectivity index (χ0) is 37.2. The van der Waals surface area contributed by atoms with E-state index in [0.717, 1.165) is 25.7 Å². The molecule has 280 valence electrons. The Hall–Kier alpha value is -2.91. The van der Waals surface area contributed by atoms with Gasteiger partial charge >= 0.3 is 29.8 Å². The molecule has 50 heavy (non-hydrogen) atoms. The average molecular weight is 701 g/mol. The highest BCUT2D eigenvalue weighted by atomic mass is 16.6.